The Labute approximate surface area is 108 Å². The molecule has 0 radical (unpaired) electrons. The number of unbranched alkanes of at least 4 members (excludes halogenated alkanes) is 1. The first-order chi connectivity index (χ1) is 8.92. The Morgan fingerprint density at radius 1 is 1.22 bits per heavy atom. The quantitative estimate of drug-likeness (QED) is 0.754. The molecule has 0 unspecified atom stereocenters. The van der Waals surface area contributed by atoms with Gasteiger partial charge in [-0.15, -0.1) is 0 Å². The third-order valence-corrected chi connectivity index (χ3v) is 2.77. The number of hydrogen-bond donors (Lipinski definition) is 1. The third kappa shape index (κ3) is 3.53. The number of rotatable bonds is 7. The summed E-state index contributed by atoms with van der Waals surface area (Å²) < 4.78 is 16.8. The van der Waals surface area contributed by atoms with Gasteiger partial charge in [-0.3, -0.25) is 0 Å². The highest BCUT2D eigenvalue weighted by molar-refractivity contribution is 5.51. The van der Waals surface area contributed by atoms with E-state index in [0.29, 0.717) is 19.8 Å². The summed E-state index contributed by atoms with van der Waals surface area (Å²) in [4.78, 5) is 0. The number of ether oxygens (including phenoxy) is 3. The van der Waals surface area contributed by atoms with E-state index < -0.39 is 0 Å². The number of para-hydroxylation sites is 1. The van der Waals surface area contributed by atoms with Gasteiger partial charge >= 0.3 is 0 Å². The molecule has 0 bridgehead atoms. The molecule has 1 aromatic carbocycles. The van der Waals surface area contributed by atoms with Crippen LogP contribution in [0, 0.1) is 0 Å². The highest BCUT2D eigenvalue weighted by Gasteiger charge is 2.16. The fraction of sp³-hybridized carbons (Fsp3) is 0.571. The summed E-state index contributed by atoms with van der Waals surface area (Å²) in [6.45, 7) is 5.92. The molecule has 1 aliphatic heterocycles. The van der Waals surface area contributed by atoms with Crippen molar-refractivity contribution in [1.82, 2.24) is 5.32 Å². The van der Waals surface area contributed by atoms with Crippen LogP contribution in [0.4, 0.5) is 0 Å². The van der Waals surface area contributed by atoms with Gasteiger partial charge in [-0.25, -0.2) is 0 Å². The minimum Gasteiger partial charge on any atom is -0.488 e. The van der Waals surface area contributed by atoms with Gasteiger partial charge in [0.25, 0.3) is 0 Å². The van der Waals surface area contributed by atoms with Gasteiger partial charge in [-0.2, -0.15) is 0 Å². The largest absolute Gasteiger partial charge is 0.488 e. The zero-order valence-electron chi connectivity index (χ0n) is 10.9. The summed E-state index contributed by atoms with van der Waals surface area (Å²) in [6.07, 6.45) is 2.42. The summed E-state index contributed by atoms with van der Waals surface area (Å²) in [5.74, 6) is 2.28. The second-order valence-corrected chi connectivity index (χ2v) is 4.23. The van der Waals surface area contributed by atoms with Gasteiger partial charge in [-0.05, 0) is 25.1 Å². The van der Waals surface area contributed by atoms with E-state index >= 15 is 0 Å². The van der Waals surface area contributed by atoms with Crippen molar-refractivity contribution in [2.24, 2.45) is 0 Å². The minimum atomic E-state index is 0.585. The van der Waals surface area contributed by atoms with Crippen LogP contribution in [0.5, 0.6) is 17.2 Å². The standard InChI is InChI=1S/C14H21NO3/c1-2-3-7-15-8-9-16-12-5-4-6-13-14(12)18-11-10-17-13/h4-6,15H,2-3,7-11H2,1H3. The molecule has 0 atom stereocenters. The van der Waals surface area contributed by atoms with Crippen LogP contribution in [0.2, 0.25) is 0 Å². The first kappa shape index (κ1) is 13.0. The number of nitrogens with one attached hydrogen (secondary N) is 1. The van der Waals surface area contributed by atoms with Gasteiger partial charge in [0.05, 0.1) is 0 Å². The number of hydrogen-bond acceptors (Lipinski definition) is 4. The summed E-state index contributed by atoms with van der Waals surface area (Å²) in [6, 6.07) is 5.74. The Morgan fingerprint density at radius 2 is 2.11 bits per heavy atom. The summed E-state index contributed by atoms with van der Waals surface area (Å²) in [5.41, 5.74) is 0. The summed E-state index contributed by atoms with van der Waals surface area (Å²) in [7, 11) is 0. The molecule has 0 fully saturated rings. The zero-order chi connectivity index (χ0) is 12.6. The second kappa shape index (κ2) is 7.11. The Morgan fingerprint density at radius 3 is 3.00 bits per heavy atom. The lowest BCUT2D eigenvalue weighted by molar-refractivity contribution is 0.162. The Hall–Kier alpha value is -1.42. The van der Waals surface area contributed by atoms with Gasteiger partial charge in [-0.1, -0.05) is 19.4 Å². The van der Waals surface area contributed by atoms with Crippen molar-refractivity contribution >= 4 is 0 Å². The lowest BCUT2D eigenvalue weighted by Gasteiger charge is -2.20. The van der Waals surface area contributed by atoms with Crippen LogP contribution >= 0.6 is 0 Å². The van der Waals surface area contributed by atoms with Crippen molar-refractivity contribution < 1.29 is 14.2 Å². The lowest BCUT2D eigenvalue weighted by Crippen LogP contribution is -2.22. The van der Waals surface area contributed by atoms with Gasteiger partial charge < -0.3 is 19.5 Å². The normalized spacial score (nSPS) is 13.4. The number of benzene rings is 1. The van der Waals surface area contributed by atoms with Crippen LogP contribution in [-0.2, 0) is 0 Å². The van der Waals surface area contributed by atoms with E-state index in [1.54, 1.807) is 0 Å². The molecule has 1 heterocycles. The molecule has 1 aliphatic rings. The van der Waals surface area contributed by atoms with E-state index in [4.69, 9.17) is 14.2 Å². The maximum Gasteiger partial charge on any atom is 0.203 e. The Bertz CT molecular complexity index is 368. The highest BCUT2D eigenvalue weighted by atomic mass is 16.6. The molecule has 0 saturated heterocycles. The topological polar surface area (TPSA) is 39.7 Å². The van der Waals surface area contributed by atoms with Gasteiger partial charge in [0, 0.05) is 6.54 Å². The molecule has 0 aliphatic carbocycles. The second-order valence-electron chi connectivity index (χ2n) is 4.23. The fourth-order valence-electron chi connectivity index (χ4n) is 1.82. The molecule has 100 valence electrons. The highest BCUT2D eigenvalue weighted by Crippen LogP contribution is 2.38. The molecule has 1 N–H and O–H groups in total. The van der Waals surface area contributed by atoms with E-state index in [0.717, 1.165) is 30.3 Å². The van der Waals surface area contributed by atoms with Crippen LogP contribution in [0.1, 0.15) is 19.8 Å². The number of fused-ring (bicyclic) bond motifs is 1. The van der Waals surface area contributed by atoms with E-state index in [2.05, 4.69) is 12.2 Å². The van der Waals surface area contributed by atoms with Crippen molar-refractivity contribution in [2.45, 2.75) is 19.8 Å². The molecule has 0 saturated carbocycles. The molecular weight excluding hydrogens is 230 g/mol. The van der Waals surface area contributed by atoms with Crippen molar-refractivity contribution in [3.63, 3.8) is 0 Å². The van der Waals surface area contributed by atoms with E-state index in [-0.39, 0.29) is 0 Å². The fourth-order valence-corrected chi connectivity index (χ4v) is 1.82. The first-order valence-corrected chi connectivity index (χ1v) is 6.64. The SMILES string of the molecule is CCCCNCCOc1cccc2c1OCCO2. The Balaban J connectivity index is 1.79. The van der Waals surface area contributed by atoms with Gasteiger partial charge in [0.1, 0.15) is 19.8 Å². The molecule has 2 rings (SSSR count). The smallest absolute Gasteiger partial charge is 0.203 e. The van der Waals surface area contributed by atoms with Gasteiger partial charge in [0.15, 0.2) is 11.5 Å². The molecule has 0 spiro atoms. The predicted octanol–water partition coefficient (Wildman–Crippen LogP) is 2.23. The zero-order valence-corrected chi connectivity index (χ0v) is 10.9. The van der Waals surface area contributed by atoms with E-state index in [9.17, 15) is 0 Å². The van der Waals surface area contributed by atoms with Gasteiger partial charge in [0.2, 0.25) is 5.75 Å². The van der Waals surface area contributed by atoms with Crippen molar-refractivity contribution in [1.29, 1.82) is 0 Å². The minimum absolute atomic E-state index is 0.585. The van der Waals surface area contributed by atoms with Crippen molar-refractivity contribution in [3.05, 3.63) is 18.2 Å². The lowest BCUT2D eigenvalue weighted by atomic mass is 10.3. The average molecular weight is 251 g/mol. The van der Waals surface area contributed by atoms with Crippen LogP contribution in [0.15, 0.2) is 18.2 Å². The third-order valence-electron chi connectivity index (χ3n) is 2.77. The van der Waals surface area contributed by atoms with E-state index in [1.165, 1.54) is 12.8 Å². The molecule has 1 aromatic rings. The van der Waals surface area contributed by atoms with Crippen LogP contribution < -0.4 is 19.5 Å². The summed E-state index contributed by atoms with van der Waals surface area (Å²) >= 11 is 0. The molecule has 0 amide bonds. The summed E-state index contributed by atoms with van der Waals surface area (Å²) in [5, 5.41) is 3.34. The monoisotopic (exact) mass is 251 g/mol. The maximum atomic E-state index is 5.72. The van der Waals surface area contributed by atoms with Crippen LogP contribution in [0.25, 0.3) is 0 Å². The first-order valence-electron chi connectivity index (χ1n) is 6.64. The Kier molecular flexibility index (Phi) is 5.15. The van der Waals surface area contributed by atoms with Crippen molar-refractivity contribution in [2.75, 3.05) is 32.9 Å². The molecule has 0 aromatic heterocycles. The van der Waals surface area contributed by atoms with E-state index in [1.807, 2.05) is 18.2 Å². The molecule has 4 heteroatoms. The van der Waals surface area contributed by atoms with Crippen LogP contribution in [0.3, 0.4) is 0 Å². The molecule has 18 heavy (non-hydrogen) atoms. The molecular formula is C14H21NO3. The molecule has 4 nitrogen and oxygen atoms in total. The van der Waals surface area contributed by atoms with Crippen LogP contribution in [-0.4, -0.2) is 32.9 Å². The maximum absolute atomic E-state index is 5.72. The average Bonchev–Trinajstić information content (AvgIpc) is 2.43. The van der Waals surface area contributed by atoms with Crippen molar-refractivity contribution in [3.8, 4) is 17.2 Å². The predicted molar refractivity (Wildman–Crippen MR) is 70.7 cm³/mol.